The second-order valence-corrected chi connectivity index (χ2v) is 4.55. The minimum Gasteiger partial charge on any atom is -0.371 e. The fourth-order valence-corrected chi connectivity index (χ4v) is 2.32. The highest BCUT2D eigenvalue weighted by Crippen LogP contribution is 2.33. The van der Waals surface area contributed by atoms with Crippen molar-refractivity contribution in [2.45, 2.75) is 32.4 Å². The topological polar surface area (TPSA) is 3.24 Å². The molecule has 0 unspecified atom stereocenters. The third kappa shape index (κ3) is 2.73. The predicted octanol–water partition coefficient (Wildman–Crippen LogP) is 4.00. The van der Waals surface area contributed by atoms with Crippen LogP contribution in [-0.4, -0.2) is 13.1 Å². The Bertz CT molecular complexity index is 392. The van der Waals surface area contributed by atoms with E-state index < -0.39 is 11.7 Å². The lowest BCUT2D eigenvalue weighted by molar-refractivity contribution is -0.137. The molecule has 2 rings (SSSR count). The van der Waals surface area contributed by atoms with E-state index in [2.05, 4.69) is 4.90 Å². The monoisotopic (exact) mass is 243 g/mol. The number of piperidine rings is 1. The van der Waals surface area contributed by atoms with Gasteiger partial charge in [-0.05, 0) is 49.9 Å². The van der Waals surface area contributed by atoms with Crippen molar-refractivity contribution in [1.82, 2.24) is 0 Å². The molecule has 1 aliphatic heterocycles. The third-order valence-electron chi connectivity index (χ3n) is 3.22. The summed E-state index contributed by atoms with van der Waals surface area (Å²) in [7, 11) is 0. The van der Waals surface area contributed by atoms with Crippen LogP contribution in [0.2, 0.25) is 0 Å². The molecule has 0 aliphatic carbocycles. The highest BCUT2D eigenvalue weighted by atomic mass is 19.4. The minimum atomic E-state index is -4.24. The Morgan fingerprint density at radius 1 is 1.06 bits per heavy atom. The summed E-state index contributed by atoms with van der Waals surface area (Å²) in [5.74, 6) is 0. The maximum Gasteiger partial charge on any atom is 0.416 e. The highest BCUT2D eigenvalue weighted by molar-refractivity contribution is 5.55. The number of benzene rings is 1. The third-order valence-corrected chi connectivity index (χ3v) is 3.22. The van der Waals surface area contributed by atoms with Crippen molar-refractivity contribution in [2.75, 3.05) is 18.0 Å². The molecule has 1 fully saturated rings. The van der Waals surface area contributed by atoms with E-state index in [9.17, 15) is 13.2 Å². The first-order valence-corrected chi connectivity index (χ1v) is 5.91. The second kappa shape index (κ2) is 4.59. The largest absolute Gasteiger partial charge is 0.416 e. The summed E-state index contributed by atoms with van der Waals surface area (Å²) in [6.45, 7) is 3.65. The van der Waals surface area contributed by atoms with Gasteiger partial charge in [0.25, 0.3) is 0 Å². The minimum absolute atomic E-state index is 0.559. The number of halogens is 3. The van der Waals surface area contributed by atoms with Crippen molar-refractivity contribution >= 4 is 5.69 Å². The number of anilines is 1. The summed E-state index contributed by atoms with van der Waals surface area (Å²) in [5.41, 5.74) is 1.09. The van der Waals surface area contributed by atoms with Crippen molar-refractivity contribution < 1.29 is 13.2 Å². The van der Waals surface area contributed by atoms with E-state index in [1.165, 1.54) is 18.6 Å². The molecule has 94 valence electrons. The Labute approximate surface area is 99.2 Å². The quantitative estimate of drug-likeness (QED) is 0.720. The van der Waals surface area contributed by atoms with E-state index >= 15 is 0 Å². The van der Waals surface area contributed by atoms with Gasteiger partial charge >= 0.3 is 6.18 Å². The molecule has 0 N–H and O–H groups in total. The first-order chi connectivity index (χ1) is 7.98. The van der Waals surface area contributed by atoms with Gasteiger partial charge < -0.3 is 4.90 Å². The first kappa shape index (κ1) is 12.3. The van der Waals surface area contributed by atoms with Gasteiger partial charge in [0, 0.05) is 18.8 Å². The van der Waals surface area contributed by atoms with Gasteiger partial charge in [0.2, 0.25) is 0 Å². The van der Waals surface area contributed by atoms with Gasteiger partial charge in [0.15, 0.2) is 0 Å². The number of hydrogen-bond donors (Lipinski definition) is 0. The van der Waals surface area contributed by atoms with E-state index in [0.29, 0.717) is 5.56 Å². The summed E-state index contributed by atoms with van der Waals surface area (Å²) in [5, 5.41) is 0. The lowest BCUT2D eigenvalue weighted by atomic mass is 10.1. The molecular weight excluding hydrogens is 227 g/mol. The zero-order chi connectivity index (χ0) is 12.5. The van der Waals surface area contributed by atoms with Gasteiger partial charge in [-0.1, -0.05) is 0 Å². The standard InChI is InChI=1S/C13H16F3N/c1-10-9-11(13(14,15)16)5-6-12(10)17-7-3-2-4-8-17/h5-6,9H,2-4,7-8H2,1H3. The average molecular weight is 243 g/mol. The van der Waals surface area contributed by atoms with Crippen LogP contribution in [0.4, 0.5) is 18.9 Å². The summed E-state index contributed by atoms with van der Waals surface area (Å²) in [6.07, 6.45) is -0.776. The molecule has 1 aliphatic rings. The number of alkyl halides is 3. The SMILES string of the molecule is Cc1cc(C(F)(F)F)ccc1N1CCCCC1. The molecule has 0 atom stereocenters. The number of nitrogens with zero attached hydrogens (tertiary/aromatic N) is 1. The van der Waals surface area contributed by atoms with Crippen LogP contribution >= 0.6 is 0 Å². The number of rotatable bonds is 1. The van der Waals surface area contributed by atoms with Gasteiger partial charge in [-0.15, -0.1) is 0 Å². The summed E-state index contributed by atoms with van der Waals surface area (Å²) >= 11 is 0. The van der Waals surface area contributed by atoms with Crippen molar-refractivity contribution in [3.63, 3.8) is 0 Å². The second-order valence-electron chi connectivity index (χ2n) is 4.55. The predicted molar refractivity (Wildman–Crippen MR) is 62.2 cm³/mol. The van der Waals surface area contributed by atoms with Crippen LogP contribution in [0.5, 0.6) is 0 Å². The Balaban J connectivity index is 2.25. The zero-order valence-electron chi connectivity index (χ0n) is 9.85. The fourth-order valence-electron chi connectivity index (χ4n) is 2.32. The molecule has 0 saturated carbocycles. The average Bonchev–Trinajstić information content (AvgIpc) is 2.29. The van der Waals surface area contributed by atoms with Gasteiger partial charge in [-0.25, -0.2) is 0 Å². The van der Waals surface area contributed by atoms with Crippen molar-refractivity contribution in [1.29, 1.82) is 0 Å². The van der Waals surface area contributed by atoms with Crippen LogP contribution < -0.4 is 4.90 Å². The molecule has 17 heavy (non-hydrogen) atoms. The highest BCUT2D eigenvalue weighted by Gasteiger charge is 2.30. The molecule has 0 radical (unpaired) electrons. The molecule has 0 aromatic heterocycles. The van der Waals surface area contributed by atoms with Crippen LogP contribution in [0.25, 0.3) is 0 Å². The fraction of sp³-hybridized carbons (Fsp3) is 0.538. The van der Waals surface area contributed by atoms with Crippen molar-refractivity contribution in [3.05, 3.63) is 29.3 Å². The zero-order valence-corrected chi connectivity index (χ0v) is 9.85. The number of hydrogen-bond acceptors (Lipinski definition) is 1. The summed E-state index contributed by atoms with van der Waals surface area (Å²) < 4.78 is 37.6. The molecule has 1 heterocycles. The molecule has 0 amide bonds. The molecule has 1 aromatic rings. The van der Waals surface area contributed by atoms with Crippen LogP contribution in [0.15, 0.2) is 18.2 Å². The van der Waals surface area contributed by atoms with E-state index in [-0.39, 0.29) is 0 Å². The van der Waals surface area contributed by atoms with Crippen molar-refractivity contribution in [3.8, 4) is 0 Å². The van der Waals surface area contributed by atoms with Gasteiger partial charge in [0.1, 0.15) is 0 Å². The van der Waals surface area contributed by atoms with Crippen LogP contribution in [0, 0.1) is 6.92 Å². The van der Waals surface area contributed by atoms with E-state index in [1.807, 2.05) is 0 Å². The Kier molecular flexibility index (Phi) is 3.31. The van der Waals surface area contributed by atoms with E-state index in [4.69, 9.17) is 0 Å². The molecule has 0 bridgehead atoms. The smallest absolute Gasteiger partial charge is 0.371 e. The molecule has 1 nitrogen and oxygen atoms in total. The lowest BCUT2D eigenvalue weighted by Gasteiger charge is -2.30. The molecule has 0 spiro atoms. The van der Waals surface area contributed by atoms with Crippen LogP contribution in [0.1, 0.15) is 30.4 Å². The van der Waals surface area contributed by atoms with Crippen LogP contribution in [0.3, 0.4) is 0 Å². The Morgan fingerprint density at radius 3 is 2.24 bits per heavy atom. The van der Waals surface area contributed by atoms with Gasteiger partial charge in [0.05, 0.1) is 5.56 Å². The van der Waals surface area contributed by atoms with Gasteiger partial charge in [-0.3, -0.25) is 0 Å². The Morgan fingerprint density at radius 2 is 1.71 bits per heavy atom. The molecule has 1 saturated heterocycles. The summed E-state index contributed by atoms with van der Waals surface area (Å²) in [6, 6.07) is 4.02. The molecule has 4 heteroatoms. The first-order valence-electron chi connectivity index (χ1n) is 5.91. The lowest BCUT2D eigenvalue weighted by Crippen LogP contribution is -2.30. The van der Waals surface area contributed by atoms with Crippen LogP contribution in [-0.2, 0) is 6.18 Å². The van der Waals surface area contributed by atoms with E-state index in [0.717, 1.165) is 31.6 Å². The van der Waals surface area contributed by atoms with Crippen molar-refractivity contribution in [2.24, 2.45) is 0 Å². The maximum atomic E-state index is 12.5. The normalized spacial score (nSPS) is 17.3. The Hall–Kier alpha value is -1.19. The molecule has 1 aromatic carbocycles. The maximum absolute atomic E-state index is 12.5. The summed E-state index contributed by atoms with van der Waals surface area (Å²) in [4.78, 5) is 2.18. The van der Waals surface area contributed by atoms with Gasteiger partial charge in [-0.2, -0.15) is 13.2 Å². The molecular formula is C13H16F3N. The number of aryl methyl sites for hydroxylation is 1. The van der Waals surface area contributed by atoms with E-state index in [1.54, 1.807) is 13.0 Å².